The van der Waals surface area contributed by atoms with E-state index in [-0.39, 0.29) is 5.95 Å². The predicted octanol–water partition coefficient (Wildman–Crippen LogP) is 3.09. The monoisotopic (exact) mass is 222 g/mol. The van der Waals surface area contributed by atoms with Gasteiger partial charge in [0.15, 0.2) is 0 Å². The van der Waals surface area contributed by atoms with E-state index in [2.05, 4.69) is 23.7 Å². The quantitative estimate of drug-likeness (QED) is 0.715. The van der Waals surface area contributed by atoms with Gasteiger partial charge in [0.25, 0.3) is 0 Å². The summed E-state index contributed by atoms with van der Waals surface area (Å²) in [6.45, 7) is 6.44. The van der Waals surface area contributed by atoms with Crippen molar-refractivity contribution >= 4 is 5.69 Å². The minimum atomic E-state index is -0.342. The lowest BCUT2D eigenvalue weighted by atomic mass is 9.86. The van der Waals surface area contributed by atoms with Crippen LogP contribution in [0.5, 0.6) is 0 Å². The highest BCUT2D eigenvalue weighted by atomic mass is 19.1. The smallest absolute Gasteiger partial charge is 0.236 e. The third-order valence-electron chi connectivity index (χ3n) is 3.56. The van der Waals surface area contributed by atoms with Crippen LogP contribution in [-0.2, 0) is 0 Å². The van der Waals surface area contributed by atoms with Crippen molar-refractivity contribution in [2.45, 2.75) is 26.7 Å². The molecule has 2 nitrogen and oxygen atoms in total. The highest BCUT2D eigenvalue weighted by Crippen LogP contribution is 2.28. The van der Waals surface area contributed by atoms with E-state index in [1.165, 1.54) is 6.20 Å². The van der Waals surface area contributed by atoms with E-state index in [9.17, 15) is 4.39 Å². The minimum absolute atomic E-state index is 0.342. The van der Waals surface area contributed by atoms with Gasteiger partial charge in [-0.1, -0.05) is 13.8 Å². The number of piperidine rings is 1. The molecule has 0 bridgehead atoms. The molecule has 88 valence electrons. The molecular weight excluding hydrogens is 203 g/mol. The summed E-state index contributed by atoms with van der Waals surface area (Å²) >= 11 is 0. The zero-order valence-electron chi connectivity index (χ0n) is 9.99. The average Bonchev–Trinajstić information content (AvgIpc) is 2.30. The minimum Gasteiger partial charge on any atom is -0.368 e. The summed E-state index contributed by atoms with van der Waals surface area (Å²) in [6, 6.07) is 3.62. The van der Waals surface area contributed by atoms with Gasteiger partial charge in [-0.05, 0) is 36.8 Å². The molecule has 2 rings (SSSR count). The molecule has 1 aromatic heterocycles. The summed E-state index contributed by atoms with van der Waals surface area (Å²) in [6.07, 6.45) is 3.82. The molecule has 2 heterocycles. The van der Waals surface area contributed by atoms with Crippen LogP contribution >= 0.6 is 0 Å². The summed E-state index contributed by atoms with van der Waals surface area (Å²) in [5.41, 5.74) is 0.657. The number of pyridine rings is 1. The first-order valence-electron chi connectivity index (χ1n) is 6.04. The van der Waals surface area contributed by atoms with Crippen molar-refractivity contribution in [1.29, 1.82) is 0 Å². The second-order valence-electron chi connectivity index (χ2n) is 4.88. The average molecular weight is 222 g/mol. The molecule has 0 radical (unpaired) electrons. The van der Waals surface area contributed by atoms with Crippen LogP contribution in [0.3, 0.4) is 0 Å². The largest absolute Gasteiger partial charge is 0.368 e. The maximum Gasteiger partial charge on any atom is 0.236 e. The van der Waals surface area contributed by atoms with Crippen molar-refractivity contribution in [3.05, 3.63) is 24.3 Å². The van der Waals surface area contributed by atoms with Crippen LogP contribution in [0.1, 0.15) is 26.7 Å². The van der Waals surface area contributed by atoms with Crippen molar-refractivity contribution < 1.29 is 4.39 Å². The Morgan fingerprint density at radius 2 is 2.06 bits per heavy atom. The van der Waals surface area contributed by atoms with Gasteiger partial charge in [0, 0.05) is 19.3 Å². The summed E-state index contributed by atoms with van der Waals surface area (Å²) in [5, 5.41) is 0. The predicted molar refractivity (Wildman–Crippen MR) is 64.0 cm³/mol. The number of halogens is 1. The van der Waals surface area contributed by atoms with Crippen molar-refractivity contribution in [3.63, 3.8) is 0 Å². The fourth-order valence-corrected chi connectivity index (χ4v) is 2.42. The Kier molecular flexibility index (Phi) is 3.42. The normalized spacial score (nSPS) is 18.1. The molecule has 0 atom stereocenters. The highest BCUT2D eigenvalue weighted by molar-refractivity contribution is 5.45. The Balaban J connectivity index is 2.02. The van der Waals surface area contributed by atoms with Crippen LogP contribution in [0.2, 0.25) is 0 Å². The van der Waals surface area contributed by atoms with Gasteiger partial charge in [0.05, 0.1) is 5.69 Å². The van der Waals surface area contributed by atoms with Crippen LogP contribution in [-0.4, -0.2) is 18.1 Å². The van der Waals surface area contributed by atoms with E-state index in [1.807, 2.05) is 6.07 Å². The molecule has 0 aromatic carbocycles. The van der Waals surface area contributed by atoms with Crippen molar-refractivity contribution in [2.24, 2.45) is 11.8 Å². The summed E-state index contributed by atoms with van der Waals surface area (Å²) in [4.78, 5) is 5.81. The topological polar surface area (TPSA) is 16.1 Å². The summed E-state index contributed by atoms with van der Waals surface area (Å²) in [5.74, 6) is 1.18. The third-order valence-corrected chi connectivity index (χ3v) is 3.56. The lowest BCUT2D eigenvalue weighted by Gasteiger charge is -2.35. The van der Waals surface area contributed by atoms with Crippen molar-refractivity contribution in [3.8, 4) is 0 Å². The first-order chi connectivity index (χ1) is 7.68. The van der Waals surface area contributed by atoms with E-state index < -0.39 is 0 Å². The fourth-order valence-electron chi connectivity index (χ4n) is 2.42. The van der Waals surface area contributed by atoms with Crippen molar-refractivity contribution in [1.82, 2.24) is 4.98 Å². The Morgan fingerprint density at radius 1 is 1.38 bits per heavy atom. The van der Waals surface area contributed by atoms with E-state index in [1.54, 1.807) is 6.07 Å². The van der Waals surface area contributed by atoms with E-state index >= 15 is 0 Å². The van der Waals surface area contributed by atoms with Gasteiger partial charge >= 0.3 is 0 Å². The SMILES string of the molecule is CC(C)C1CCN(c2cccnc2F)CC1. The molecule has 0 amide bonds. The number of aromatic nitrogens is 1. The summed E-state index contributed by atoms with van der Waals surface area (Å²) in [7, 11) is 0. The van der Waals surface area contributed by atoms with Gasteiger partial charge in [-0.15, -0.1) is 0 Å². The zero-order chi connectivity index (χ0) is 11.5. The molecular formula is C13H19FN2. The number of hydrogen-bond acceptors (Lipinski definition) is 2. The number of hydrogen-bond donors (Lipinski definition) is 0. The zero-order valence-corrected chi connectivity index (χ0v) is 9.99. The Hall–Kier alpha value is -1.12. The van der Waals surface area contributed by atoms with E-state index in [0.29, 0.717) is 5.69 Å². The molecule has 0 saturated carbocycles. The Morgan fingerprint density at radius 3 is 2.62 bits per heavy atom. The third kappa shape index (κ3) is 2.34. The second-order valence-corrected chi connectivity index (χ2v) is 4.88. The molecule has 3 heteroatoms. The molecule has 16 heavy (non-hydrogen) atoms. The van der Waals surface area contributed by atoms with Gasteiger partial charge in [-0.25, -0.2) is 4.98 Å². The Labute approximate surface area is 96.5 Å². The molecule has 1 saturated heterocycles. The van der Waals surface area contributed by atoms with Crippen LogP contribution < -0.4 is 4.90 Å². The summed E-state index contributed by atoms with van der Waals surface area (Å²) < 4.78 is 13.5. The number of anilines is 1. The van der Waals surface area contributed by atoms with Gasteiger partial charge in [0.2, 0.25) is 5.95 Å². The standard InChI is InChI=1S/C13H19FN2/c1-10(2)11-5-8-16(9-6-11)12-4-3-7-15-13(12)14/h3-4,7,10-11H,5-6,8-9H2,1-2H3. The van der Waals surface area contributed by atoms with Gasteiger partial charge in [-0.3, -0.25) is 0 Å². The molecule has 1 aromatic rings. The maximum absolute atomic E-state index is 13.5. The molecule has 0 unspecified atom stereocenters. The molecule has 0 spiro atoms. The maximum atomic E-state index is 13.5. The Bertz CT molecular complexity index is 344. The van der Waals surface area contributed by atoms with Crippen LogP contribution in [0.4, 0.5) is 10.1 Å². The fraction of sp³-hybridized carbons (Fsp3) is 0.615. The van der Waals surface area contributed by atoms with Gasteiger partial charge in [0.1, 0.15) is 0 Å². The molecule has 0 aliphatic carbocycles. The number of nitrogens with zero attached hydrogens (tertiary/aromatic N) is 2. The number of rotatable bonds is 2. The first kappa shape index (κ1) is 11.4. The van der Waals surface area contributed by atoms with Crippen molar-refractivity contribution in [2.75, 3.05) is 18.0 Å². The van der Waals surface area contributed by atoms with Crippen LogP contribution in [0, 0.1) is 17.8 Å². The molecule has 1 aliphatic heterocycles. The lowest BCUT2D eigenvalue weighted by Crippen LogP contribution is -2.35. The second kappa shape index (κ2) is 4.81. The first-order valence-corrected chi connectivity index (χ1v) is 6.04. The lowest BCUT2D eigenvalue weighted by molar-refractivity contribution is 0.310. The van der Waals surface area contributed by atoms with E-state index in [4.69, 9.17) is 0 Å². The van der Waals surface area contributed by atoms with Gasteiger partial charge in [-0.2, -0.15) is 4.39 Å². The van der Waals surface area contributed by atoms with Crippen LogP contribution in [0.25, 0.3) is 0 Å². The van der Waals surface area contributed by atoms with Gasteiger partial charge < -0.3 is 4.90 Å². The molecule has 1 fully saturated rings. The van der Waals surface area contributed by atoms with Crippen LogP contribution in [0.15, 0.2) is 18.3 Å². The molecule has 0 N–H and O–H groups in total. The highest BCUT2D eigenvalue weighted by Gasteiger charge is 2.23. The van der Waals surface area contributed by atoms with E-state index in [0.717, 1.165) is 37.8 Å². The molecule has 1 aliphatic rings.